The van der Waals surface area contributed by atoms with Crippen LogP contribution < -0.4 is 4.74 Å². The van der Waals surface area contributed by atoms with Crippen LogP contribution >= 0.6 is 11.6 Å². The molecule has 0 saturated carbocycles. The first-order valence-corrected chi connectivity index (χ1v) is 8.09. The Morgan fingerprint density at radius 1 is 1.35 bits per heavy atom. The lowest BCUT2D eigenvalue weighted by atomic mass is 10.0. The maximum atomic E-state index is 14.0. The molecule has 1 aromatic heterocycles. The van der Waals surface area contributed by atoms with Gasteiger partial charge in [-0.1, -0.05) is 23.7 Å². The van der Waals surface area contributed by atoms with Crippen LogP contribution in [0.2, 0.25) is 5.02 Å². The molecule has 0 saturated heterocycles. The molecule has 0 amide bonds. The molecule has 0 aliphatic carbocycles. The van der Waals surface area contributed by atoms with Crippen molar-refractivity contribution < 1.29 is 23.5 Å². The summed E-state index contributed by atoms with van der Waals surface area (Å²) in [6.45, 7) is 1.27. The standard InChI is InChI=1S/C19H17ClFNO4/c1-12(23)17(9-14-4-3-5-16(20)19(14)21)26-18(24)7-6-13-8-15(25-2)11-22-10-13/h3-8,10-11,17H,9H2,1-2H3/b7-6+. The Morgan fingerprint density at radius 2 is 2.12 bits per heavy atom. The predicted octanol–water partition coefficient (Wildman–Crippen LogP) is 3.64. The van der Waals surface area contributed by atoms with Crippen LogP contribution in [0.25, 0.3) is 6.08 Å². The molecule has 7 heteroatoms. The van der Waals surface area contributed by atoms with Crippen LogP contribution in [0.4, 0.5) is 4.39 Å². The fraction of sp³-hybridized carbons (Fsp3) is 0.211. The van der Waals surface area contributed by atoms with Gasteiger partial charge in [0.2, 0.25) is 0 Å². The van der Waals surface area contributed by atoms with Gasteiger partial charge in [0.05, 0.1) is 18.3 Å². The molecule has 0 aliphatic heterocycles. The summed E-state index contributed by atoms with van der Waals surface area (Å²) in [5.41, 5.74) is 0.827. The minimum atomic E-state index is -1.11. The molecule has 0 bridgehead atoms. The molecule has 1 unspecified atom stereocenters. The van der Waals surface area contributed by atoms with Gasteiger partial charge in [0.25, 0.3) is 0 Å². The highest BCUT2D eigenvalue weighted by molar-refractivity contribution is 6.30. The second-order valence-electron chi connectivity index (χ2n) is 5.44. The van der Waals surface area contributed by atoms with Crippen molar-refractivity contribution in [3.8, 4) is 5.75 Å². The molecule has 26 heavy (non-hydrogen) atoms. The van der Waals surface area contributed by atoms with Crippen LogP contribution in [0.3, 0.4) is 0 Å². The van der Waals surface area contributed by atoms with Crippen molar-refractivity contribution in [2.24, 2.45) is 0 Å². The number of halogens is 2. The zero-order chi connectivity index (χ0) is 19.1. The summed E-state index contributed by atoms with van der Waals surface area (Å²) in [6.07, 6.45) is 4.51. The summed E-state index contributed by atoms with van der Waals surface area (Å²) in [5, 5.41) is -0.0541. The number of carbonyl (C=O) groups excluding carboxylic acids is 2. The second kappa shape index (κ2) is 9.10. The van der Waals surface area contributed by atoms with Gasteiger partial charge in [-0.3, -0.25) is 9.78 Å². The van der Waals surface area contributed by atoms with E-state index in [1.807, 2.05) is 0 Å². The second-order valence-corrected chi connectivity index (χ2v) is 5.85. The molecule has 0 fully saturated rings. The molecule has 0 spiro atoms. The lowest BCUT2D eigenvalue weighted by molar-refractivity contribution is -0.149. The van der Waals surface area contributed by atoms with Crippen LogP contribution in [0, 0.1) is 5.82 Å². The van der Waals surface area contributed by atoms with Crippen molar-refractivity contribution in [2.45, 2.75) is 19.4 Å². The van der Waals surface area contributed by atoms with Crippen LogP contribution in [0.5, 0.6) is 5.75 Å². The third-order valence-electron chi connectivity index (χ3n) is 3.53. The molecular weight excluding hydrogens is 361 g/mol. The molecule has 136 valence electrons. The van der Waals surface area contributed by atoms with Gasteiger partial charge in [-0.25, -0.2) is 9.18 Å². The van der Waals surface area contributed by atoms with E-state index < -0.39 is 23.7 Å². The Morgan fingerprint density at radius 3 is 2.81 bits per heavy atom. The summed E-state index contributed by atoms with van der Waals surface area (Å²) in [5.74, 6) is -1.21. The monoisotopic (exact) mass is 377 g/mol. The maximum absolute atomic E-state index is 14.0. The molecule has 2 aromatic rings. The number of ether oxygens (including phenoxy) is 2. The molecule has 0 radical (unpaired) electrons. The minimum absolute atomic E-state index is 0.0541. The minimum Gasteiger partial charge on any atom is -0.495 e. The molecule has 1 atom stereocenters. The van der Waals surface area contributed by atoms with E-state index in [1.54, 1.807) is 12.1 Å². The van der Waals surface area contributed by atoms with Gasteiger partial charge in [0.15, 0.2) is 11.9 Å². The van der Waals surface area contributed by atoms with Crippen LogP contribution in [-0.2, 0) is 20.7 Å². The quantitative estimate of drug-likeness (QED) is 0.544. The lowest BCUT2D eigenvalue weighted by Crippen LogP contribution is -2.27. The number of hydrogen-bond acceptors (Lipinski definition) is 5. The summed E-state index contributed by atoms with van der Waals surface area (Å²) >= 11 is 5.73. The highest BCUT2D eigenvalue weighted by atomic mass is 35.5. The van der Waals surface area contributed by atoms with E-state index in [4.69, 9.17) is 21.1 Å². The number of methoxy groups -OCH3 is 1. The summed E-state index contributed by atoms with van der Waals surface area (Å²) in [4.78, 5) is 27.7. The van der Waals surface area contributed by atoms with Gasteiger partial charge < -0.3 is 9.47 Å². The molecule has 0 N–H and O–H groups in total. The fourth-order valence-electron chi connectivity index (χ4n) is 2.16. The molecule has 5 nitrogen and oxygen atoms in total. The summed E-state index contributed by atoms with van der Waals surface area (Å²) in [6, 6.07) is 6.14. The van der Waals surface area contributed by atoms with Crippen molar-refractivity contribution >= 4 is 29.4 Å². The molecule has 1 heterocycles. The Kier molecular flexibility index (Phi) is 6.86. The average Bonchev–Trinajstić information content (AvgIpc) is 2.63. The van der Waals surface area contributed by atoms with Crippen LogP contribution in [-0.4, -0.2) is 30.0 Å². The zero-order valence-corrected chi connectivity index (χ0v) is 15.0. The number of rotatable bonds is 7. The smallest absolute Gasteiger partial charge is 0.331 e. The molecule has 1 aromatic carbocycles. The number of hydrogen-bond donors (Lipinski definition) is 0. The summed E-state index contributed by atoms with van der Waals surface area (Å²) in [7, 11) is 1.51. The first kappa shape index (κ1) is 19.6. The van der Waals surface area contributed by atoms with E-state index in [-0.39, 0.29) is 17.0 Å². The molecule has 2 rings (SSSR count). The topological polar surface area (TPSA) is 65.5 Å². The third kappa shape index (κ3) is 5.39. The van der Waals surface area contributed by atoms with Gasteiger partial charge in [0.1, 0.15) is 11.6 Å². The van der Waals surface area contributed by atoms with Crippen molar-refractivity contribution in [2.75, 3.05) is 7.11 Å². The Balaban J connectivity index is 2.07. The van der Waals surface area contributed by atoms with Gasteiger partial charge >= 0.3 is 5.97 Å². The van der Waals surface area contributed by atoms with E-state index in [2.05, 4.69) is 4.98 Å². The van der Waals surface area contributed by atoms with Crippen molar-refractivity contribution in [3.05, 3.63) is 64.7 Å². The average molecular weight is 378 g/mol. The maximum Gasteiger partial charge on any atom is 0.331 e. The number of Topliss-reactive ketones (excluding diaryl/α,β-unsaturated/α-hetero) is 1. The van der Waals surface area contributed by atoms with E-state index in [1.165, 1.54) is 50.7 Å². The Bertz CT molecular complexity index is 838. The first-order chi connectivity index (χ1) is 12.4. The van der Waals surface area contributed by atoms with E-state index in [9.17, 15) is 14.0 Å². The normalized spacial score (nSPS) is 12.0. The van der Waals surface area contributed by atoms with Crippen molar-refractivity contribution in [1.29, 1.82) is 0 Å². The number of pyridine rings is 1. The highest BCUT2D eigenvalue weighted by Crippen LogP contribution is 2.20. The fourth-order valence-corrected chi connectivity index (χ4v) is 2.35. The Labute approximate surface area is 155 Å². The van der Waals surface area contributed by atoms with Crippen LogP contribution in [0.1, 0.15) is 18.1 Å². The van der Waals surface area contributed by atoms with Crippen molar-refractivity contribution in [3.63, 3.8) is 0 Å². The van der Waals surface area contributed by atoms with Crippen molar-refractivity contribution in [1.82, 2.24) is 4.98 Å². The summed E-state index contributed by atoms with van der Waals surface area (Å²) < 4.78 is 24.2. The SMILES string of the molecule is COc1cncc(/C=C/C(=O)OC(Cc2cccc(Cl)c2F)C(C)=O)c1. The van der Waals surface area contributed by atoms with Gasteiger partial charge in [-0.2, -0.15) is 0 Å². The lowest BCUT2D eigenvalue weighted by Gasteiger charge is -2.15. The number of esters is 1. The number of benzene rings is 1. The molecular formula is C19H17ClFNO4. The largest absolute Gasteiger partial charge is 0.495 e. The number of carbonyl (C=O) groups is 2. The number of ketones is 1. The van der Waals surface area contributed by atoms with E-state index >= 15 is 0 Å². The zero-order valence-electron chi connectivity index (χ0n) is 14.2. The van der Waals surface area contributed by atoms with Gasteiger partial charge in [-0.05, 0) is 36.3 Å². The number of aromatic nitrogens is 1. The van der Waals surface area contributed by atoms with E-state index in [0.29, 0.717) is 11.3 Å². The third-order valence-corrected chi connectivity index (χ3v) is 3.82. The highest BCUT2D eigenvalue weighted by Gasteiger charge is 2.21. The molecule has 0 aliphatic rings. The Hall–Kier alpha value is -2.73. The number of nitrogens with zero attached hydrogens (tertiary/aromatic N) is 1. The van der Waals surface area contributed by atoms with Crippen LogP contribution in [0.15, 0.2) is 42.7 Å². The predicted molar refractivity (Wildman–Crippen MR) is 95.5 cm³/mol. The van der Waals surface area contributed by atoms with Gasteiger partial charge in [0, 0.05) is 18.7 Å². The first-order valence-electron chi connectivity index (χ1n) is 7.71. The van der Waals surface area contributed by atoms with Gasteiger partial charge in [-0.15, -0.1) is 0 Å². The van der Waals surface area contributed by atoms with E-state index in [0.717, 1.165) is 0 Å².